The highest BCUT2D eigenvalue weighted by molar-refractivity contribution is 7.81. The molecule has 220 valence electrons. The molecule has 14 nitrogen and oxygen atoms in total. The Labute approximate surface area is 228 Å². The summed E-state index contributed by atoms with van der Waals surface area (Å²) in [5.41, 5.74) is -2.87. The standard InChI is InChI=1S/C24H38N4O10S/c1-7-35-19(30)23(5,6)14-36-39(33,34)38-28-16-8-11-24(17(16)27(24)20(28)31)18(29)25-15-9-12-26(13-10-15)21(32)37-22(2,3)4/h15-17H,7-14H2,1-6H3,(H,25,29)/t16-,17?,24+,27?/m1/s1. The Balaban J connectivity index is 1.29. The van der Waals surface area contributed by atoms with E-state index < -0.39 is 57.6 Å². The van der Waals surface area contributed by atoms with Gasteiger partial charge in [0.2, 0.25) is 5.91 Å². The van der Waals surface area contributed by atoms with Gasteiger partial charge in [-0.15, -0.1) is 4.28 Å². The minimum atomic E-state index is -4.67. The van der Waals surface area contributed by atoms with Crippen LogP contribution in [-0.4, -0.2) is 103 Å². The minimum Gasteiger partial charge on any atom is -0.466 e. The third-order valence-corrected chi connectivity index (χ3v) is 8.20. The van der Waals surface area contributed by atoms with Crippen molar-refractivity contribution in [3.05, 3.63) is 0 Å². The van der Waals surface area contributed by atoms with Crippen molar-refractivity contribution in [2.45, 2.75) is 96.5 Å². The molecule has 0 radical (unpaired) electrons. The monoisotopic (exact) mass is 574 g/mol. The largest absolute Gasteiger partial charge is 0.466 e. The van der Waals surface area contributed by atoms with Crippen molar-refractivity contribution in [2.24, 2.45) is 5.41 Å². The van der Waals surface area contributed by atoms with E-state index in [1.807, 2.05) is 0 Å². The fourth-order valence-corrected chi connectivity index (χ4v) is 6.29. The van der Waals surface area contributed by atoms with Gasteiger partial charge < -0.3 is 19.7 Å². The molecule has 4 fully saturated rings. The van der Waals surface area contributed by atoms with Crippen LogP contribution in [0.25, 0.3) is 0 Å². The lowest BCUT2D eigenvalue weighted by atomic mass is 9.95. The van der Waals surface area contributed by atoms with Gasteiger partial charge in [-0.1, -0.05) is 0 Å². The Morgan fingerprint density at radius 1 is 1.08 bits per heavy atom. The number of likely N-dealkylation sites (tertiary alicyclic amines) is 1. The van der Waals surface area contributed by atoms with E-state index in [1.165, 1.54) is 18.7 Å². The van der Waals surface area contributed by atoms with Crippen LogP contribution >= 0.6 is 0 Å². The molecule has 1 saturated carbocycles. The number of nitrogens with zero attached hydrogens (tertiary/aromatic N) is 3. The molecule has 1 unspecified atom stereocenters. The van der Waals surface area contributed by atoms with Crippen LogP contribution in [0.1, 0.15) is 67.2 Å². The summed E-state index contributed by atoms with van der Waals surface area (Å²) in [6.07, 6.45) is 1.46. The number of hydrogen-bond acceptors (Lipinski definition) is 10. The predicted octanol–water partition coefficient (Wildman–Crippen LogP) is 1.31. The summed E-state index contributed by atoms with van der Waals surface area (Å²) >= 11 is 0. The first-order valence-corrected chi connectivity index (χ1v) is 14.5. The van der Waals surface area contributed by atoms with Crippen LogP contribution in [-0.2, 0) is 37.9 Å². The Bertz CT molecular complexity index is 1130. The lowest BCUT2D eigenvalue weighted by Gasteiger charge is -2.34. The highest BCUT2D eigenvalue weighted by atomic mass is 32.3. The second-order valence-corrected chi connectivity index (χ2v) is 13.2. The molecule has 0 spiro atoms. The average molecular weight is 575 g/mol. The third kappa shape index (κ3) is 5.66. The van der Waals surface area contributed by atoms with Crippen LogP contribution in [0, 0.1) is 5.41 Å². The van der Waals surface area contributed by atoms with Gasteiger partial charge in [-0.25, -0.2) is 13.8 Å². The summed E-state index contributed by atoms with van der Waals surface area (Å²) < 4.78 is 45.1. The average Bonchev–Trinajstić information content (AvgIpc) is 3.27. The van der Waals surface area contributed by atoms with Gasteiger partial charge in [0.15, 0.2) is 0 Å². The highest BCUT2D eigenvalue weighted by Crippen LogP contribution is 2.60. The van der Waals surface area contributed by atoms with Gasteiger partial charge >= 0.3 is 28.5 Å². The van der Waals surface area contributed by atoms with Crippen LogP contribution in [0.3, 0.4) is 0 Å². The molecule has 4 aliphatic rings. The number of amides is 4. The summed E-state index contributed by atoms with van der Waals surface area (Å²) in [5.74, 6) is -0.916. The third-order valence-electron chi connectivity index (χ3n) is 7.45. The fourth-order valence-electron chi connectivity index (χ4n) is 5.44. The molecule has 39 heavy (non-hydrogen) atoms. The molecule has 3 atom stereocenters. The topological polar surface area (TPSA) is 161 Å². The van der Waals surface area contributed by atoms with Crippen molar-refractivity contribution in [1.82, 2.24) is 20.2 Å². The predicted molar refractivity (Wildman–Crippen MR) is 134 cm³/mol. The lowest BCUT2D eigenvalue weighted by molar-refractivity contribution is -0.155. The SMILES string of the molecule is CCOC(=O)C(C)(C)COS(=O)(=O)ON1C(=O)N2C3[C@H]1CC[C@@]32C(=O)NC1CCN(C(=O)OC(C)(C)C)CC1. The maximum Gasteiger partial charge on any atom is 0.421 e. The molecule has 0 aromatic heterocycles. The van der Waals surface area contributed by atoms with Crippen LogP contribution in [0.15, 0.2) is 0 Å². The van der Waals surface area contributed by atoms with Gasteiger partial charge in [-0.05, 0) is 67.2 Å². The lowest BCUT2D eigenvalue weighted by Crippen LogP contribution is -2.52. The second-order valence-electron chi connectivity index (χ2n) is 12.0. The molecule has 15 heteroatoms. The number of nitrogens with one attached hydrogen (secondary N) is 1. The summed E-state index contributed by atoms with van der Waals surface area (Å²) in [6, 6.07) is -2.02. The fraction of sp³-hybridized carbons (Fsp3) is 0.833. The van der Waals surface area contributed by atoms with Gasteiger partial charge in [-0.3, -0.25) is 14.5 Å². The van der Waals surface area contributed by atoms with Gasteiger partial charge in [-0.2, -0.15) is 13.5 Å². The van der Waals surface area contributed by atoms with Crippen molar-refractivity contribution in [1.29, 1.82) is 0 Å². The number of piperidine rings is 2. The Morgan fingerprint density at radius 3 is 2.28 bits per heavy atom. The van der Waals surface area contributed by atoms with E-state index in [1.54, 1.807) is 32.6 Å². The molecule has 1 aliphatic carbocycles. The van der Waals surface area contributed by atoms with E-state index in [9.17, 15) is 27.6 Å². The Morgan fingerprint density at radius 2 is 1.72 bits per heavy atom. The molecule has 3 aliphatic heterocycles. The molecule has 0 aromatic carbocycles. The number of carbonyl (C=O) groups is 4. The van der Waals surface area contributed by atoms with Gasteiger partial charge in [0, 0.05) is 19.1 Å². The number of carbonyl (C=O) groups excluding carboxylic acids is 4. The van der Waals surface area contributed by atoms with E-state index in [0.717, 1.165) is 5.06 Å². The Hall–Kier alpha value is -2.65. The van der Waals surface area contributed by atoms with E-state index in [0.29, 0.717) is 38.8 Å². The van der Waals surface area contributed by atoms with E-state index in [2.05, 4.69) is 5.32 Å². The first kappa shape index (κ1) is 29.3. The van der Waals surface area contributed by atoms with Crippen molar-refractivity contribution < 1.29 is 45.5 Å². The normalized spacial score (nSPS) is 26.9. The van der Waals surface area contributed by atoms with Crippen molar-refractivity contribution in [3.63, 3.8) is 0 Å². The van der Waals surface area contributed by atoms with Crippen molar-refractivity contribution >= 4 is 34.4 Å². The molecule has 3 saturated heterocycles. The minimum absolute atomic E-state index is 0.132. The number of hydrogen-bond donors (Lipinski definition) is 1. The molecule has 4 rings (SSSR count). The molecule has 0 bridgehead atoms. The number of ether oxygens (including phenoxy) is 2. The second kappa shape index (κ2) is 10.1. The van der Waals surface area contributed by atoms with Crippen LogP contribution in [0.4, 0.5) is 9.59 Å². The molecule has 1 N–H and O–H groups in total. The molecular formula is C24H38N4O10S. The summed E-state index contributed by atoms with van der Waals surface area (Å²) in [7, 11) is -4.67. The number of fused-ring (bicyclic) bond motifs is 1. The van der Waals surface area contributed by atoms with E-state index in [4.69, 9.17) is 17.9 Å². The van der Waals surface area contributed by atoms with Crippen LogP contribution in [0.5, 0.6) is 0 Å². The van der Waals surface area contributed by atoms with Crippen molar-refractivity contribution in [3.8, 4) is 0 Å². The Kier molecular flexibility index (Phi) is 7.58. The van der Waals surface area contributed by atoms with Gasteiger partial charge in [0.1, 0.15) is 11.1 Å². The highest BCUT2D eigenvalue weighted by Gasteiger charge is 2.82. The van der Waals surface area contributed by atoms with E-state index >= 15 is 0 Å². The number of urea groups is 1. The zero-order chi connectivity index (χ0) is 29.0. The summed E-state index contributed by atoms with van der Waals surface area (Å²) in [6.45, 7) is 10.4. The van der Waals surface area contributed by atoms with Crippen LogP contribution < -0.4 is 5.32 Å². The molecule has 0 aromatic rings. The zero-order valence-corrected chi connectivity index (χ0v) is 24.0. The summed E-state index contributed by atoms with van der Waals surface area (Å²) in [4.78, 5) is 53.5. The van der Waals surface area contributed by atoms with E-state index in [-0.39, 0.29) is 24.6 Å². The number of rotatable bonds is 9. The summed E-state index contributed by atoms with van der Waals surface area (Å²) in [5, 5.41) is 3.76. The maximum atomic E-state index is 13.3. The molecule has 3 heterocycles. The van der Waals surface area contributed by atoms with Gasteiger partial charge in [0.25, 0.3) is 0 Å². The first-order valence-electron chi connectivity index (χ1n) is 13.2. The molecule has 4 amide bonds. The first-order chi connectivity index (χ1) is 18.0. The quantitative estimate of drug-likeness (QED) is 0.314. The zero-order valence-electron chi connectivity index (χ0n) is 23.2. The smallest absolute Gasteiger partial charge is 0.421 e. The molecular weight excluding hydrogens is 536 g/mol. The van der Waals surface area contributed by atoms with Gasteiger partial charge in [0.05, 0.1) is 30.7 Å². The maximum absolute atomic E-state index is 13.3. The van der Waals surface area contributed by atoms with Crippen LogP contribution in [0.2, 0.25) is 0 Å². The number of hydroxylamine groups is 2. The van der Waals surface area contributed by atoms with Crippen molar-refractivity contribution in [2.75, 3.05) is 26.3 Å². The number of esters is 1.